The normalized spacial score (nSPS) is 31.3. The number of allylic oxidation sites excluding steroid dienone is 2. The Labute approximate surface area is 66.1 Å². The number of alkyl halides is 1. The van der Waals surface area contributed by atoms with Gasteiger partial charge in [0.15, 0.2) is 5.78 Å². The van der Waals surface area contributed by atoms with Crippen molar-refractivity contribution >= 4 is 17.4 Å². The lowest BCUT2D eigenvalue weighted by molar-refractivity contribution is -0.125. The van der Waals surface area contributed by atoms with E-state index in [0.717, 1.165) is 0 Å². The van der Waals surface area contributed by atoms with Crippen LogP contribution < -0.4 is 0 Å². The summed E-state index contributed by atoms with van der Waals surface area (Å²) in [7, 11) is 0. The quantitative estimate of drug-likeness (QED) is 0.422. The number of Topliss-reactive ketones (excluding diaryl/α,β-unsaturated/α-hetero) is 1. The van der Waals surface area contributed by atoms with E-state index >= 15 is 0 Å². The Hall–Kier alpha value is -0.300. The van der Waals surface area contributed by atoms with Crippen LogP contribution in [-0.4, -0.2) is 11.2 Å². The van der Waals surface area contributed by atoms with Crippen LogP contribution in [0.25, 0.3) is 0 Å². The van der Waals surface area contributed by atoms with Crippen molar-refractivity contribution in [1.29, 1.82) is 0 Å². The maximum Gasteiger partial charge on any atom is 0.151 e. The van der Waals surface area contributed by atoms with E-state index in [1.54, 1.807) is 0 Å². The number of rotatable bonds is 1. The fraction of sp³-hybridized carbons (Fsp3) is 0.625. The zero-order chi connectivity index (χ0) is 7.72. The molecule has 2 unspecified atom stereocenters. The largest absolute Gasteiger partial charge is 0.298 e. The third kappa shape index (κ3) is 1.40. The highest BCUT2D eigenvalue weighted by Gasteiger charge is 2.35. The predicted octanol–water partition coefficient (Wildman–Crippen LogP) is 2.15. The fourth-order valence-corrected chi connectivity index (χ4v) is 1.35. The Morgan fingerprint density at radius 2 is 2.30 bits per heavy atom. The molecule has 0 aromatic rings. The van der Waals surface area contributed by atoms with Gasteiger partial charge in [-0.1, -0.05) is 11.6 Å². The zero-order valence-electron chi connectivity index (χ0n) is 6.23. The summed E-state index contributed by atoms with van der Waals surface area (Å²) in [4.78, 5) is 10.7. The Morgan fingerprint density at radius 1 is 1.70 bits per heavy atom. The van der Waals surface area contributed by atoms with Crippen LogP contribution in [0.15, 0.2) is 11.6 Å². The van der Waals surface area contributed by atoms with Gasteiger partial charge in [0, 0.05) is 12.3 Å². The second-order valence-electron chi connectivity index (χ2n) is 2.98. The van der Waals surface area contributed by atoms with Crippen LogP contribution in [0, 0.1) is 5.92 Å². The lowest BCUT2D eigenvalue weighted by Gasteiger charge is -2.27. The van der Waals surface area contributed by atoms with E-state index in [1.165, 1.54) is 5.57 Å². The summed E-state index contributed by atoms with van der Waals surface area (Å²) in [6.07, 6.45) is 2.71. The predicted molar refractivity (Wildman–Crippen MR) is 42.2 cm³/mol. The Bertz CT molecular complexity index is 180. The van der Waals surface area contributed by atoms with Crippen LogP contribution in [-0.2, 0) is 4.79 Å². The Balaban J connectivity index is 2.48. The van der Waals surface area contributed by atoms with Crippen molar-refractivity contribution in [3.05, 3.63) is 11.6 Å². The number of hydrogen-bond donors (Lipinski definition) is 0. The molecule has 0 saturated heterocycles. The Morgan fingerprint density at radius 3 is 2.60 bits per heavy atom. The first kappa shape index (κ1) is 7.80. The number of ketones is 1. The van der Waals surface area contributed by atoms with Gasteiger partial charge in [-0.15, -0.1) is 11.6 Å². The van der Waals surface area contributed by atoms with Crippen molar-refractivity contribution in [2.45, 2.75) is 25.6 Å². The summed E-state index contributed by atoms with van der Waals surface area (Å²) in [6, 6.07) is 0. The van der Waals surface area contributed by atoms with E-state index in [9.17, 15) is 4.79 Å². The number of carbonyl (C=O) groups is 1. The van der Waals surface area contributed by atoms with Gasteiger partial charge >= 0.3 is 0 Å². The number of hydrogen-bond acceptors (Lipinski definition) is 1. The summed E-state index contributed by atoms with van der Waals surface area (Å²) in [6.45, 7) is 4.04. The molecule has 2 heteroatoms. The molecular weight excluding hydrogens is 148 g/mol. The highest BCUT2D eigenvalue weighted by Crippen LogP contribution is 2.30. The van der Waals surface area contributed by atoms with Crippen LogP contribution >= 0.6 is 11.6 Å². The molecule has 0 aromatic heterocycles. The van der Waals surface area contributed by atoms with Crippen LogP contribution in [0.1, 0.15) is 20.3 Å². The van der Waals surface area contributed by atoms with Gasteiger partial charge in [0.2, 0.25) is 0 Å². The molecule has 1 rings (SSSR count). The van der Waals surface area contributed by atoms with E-state index in [1.807, 2.05) is 13.8 Å². The average molecular weight is 159 g/mol. The molecule has 0 N–H and O–H groups in total. The van der Waals surface area contributed by atoms with Crippen LogP contribution in [0.4, 0.5) is 0 Å². The molecule has 0 heterocycles. The molecule has 0 radical (unpaired) electrons. The van der Waals surface area contributed by atoms with Gasteiger partial charge < -0.3 is 0 Å². The van der Waals surface area contributed by atoms with E-state index in [0.29, 0.717) is 12.3 Å². The maximum absolute atomic E-state index is 10.7. The van der Waals surface area contributed by atoms with Gasteiger partial charge in [0.25, 0.3) is 0 Å². The van der Waals surface area contributed by atoms with Crippen LogP contribution in [0.5, 0.6) is 0 Å². The second-order valence-corrected chi connectivity index (χ2v) is 3.45. The minimum atomic E-state index is -0.241. The van der Waals surface area contributed by atoms with Crippen molar-refractivity contribution in [3.8, 4) is 0 Å². The number of halogens is 1. The van der Waals surface area contributed by atoms with Crippen molar-refractivity contribution in [2.24, 2.45) is 5.92 Å². The molecule has 1 aliphatic rings. The van der Waals surface area contributed by atoms with Gasteiger partial charge in [-0.3, -0.25) is 4.79 Å². The molecule has 0 aliphatic heterocycles. The van der Waals surface area contributed by atoms with Crippen LogP contribution in [0.3, 0.4) is 0 Å². The zero-order valence-corrected chi connectivity index (χ0v) is 6.98. The van der Waals surface area contributed by atoms with Crippen molar-refractivity contribution in [3.63, 3.8) is 0 Å². The summed E-state index contributed by atoms with van der Waals surface area (Å²) in [5.41, 5.74) is 1.24. The lowest BCUT2D eigenvalue weighted by Crippen LogP contribution is -2.36. The molecule has 0 spiro atoms. The third-order valence-corrected chi connectivity index (χ3v) is 2.23. The standard InChI is InChI=1S/C8H11ClO/c1-5(2)3-6-4-7(10)8(6)9/h3,6,8H,4H2,1-2H3. The van der Waals surface area contributed by atoms with E-state index in [-0.39, 0.29) is 11.2 Å². The molecule has 56 valence electrons. The summed E-state index contributed by atoms with van der Waals surface area (Å²) < 4.78 is 0. The topological polar surface area (TPSA) is 17.1 Å². The summed E-state index contributed by atoms with van der Waals surface area (Å²) in [5, 5.41) is -0.241. The van der Waals surface area contributed by atoms with E-state index in [4.69, 9.17) is 11.6 Å². The maximum atomic E-state index is 10.7. The van der Waals surface area contributed by atoms with E-state index in [2.05, 4.69) is 6.08 Å². The first-order valence-corrected chi connectivity index (χ1v) is 3.86. The van der Waals surface area contributed by atoms with Crippen molar-refractivity contribution in [2.75, 3.05) is 0 Å². The van der Waals surface area contributed by atoms with Crippen molar-refractivity contribution < 1.29 is 4.79 Å². The number of carbonyl (C=O) groups excluding carboxylic acids is 1. The third-order valence-electron chi connectivity index (χ3n) is 1.67. The minimum absolute atomic E-state index is 0.184. The SMILES string of the molecule is CC(C)=CC1CC(=O)C1Cl. The summed E-state index contributed by atoms with van der Waals surface area (Å²) >= 11 is 5.72. The molecule has 0 bridgehead atoms. The highest BCUT2D eigenvalue weighted by molar-refractivity contribution is 6.33. The van der Waals surface area contributed by atoms with Gasteiger partial charge in [-0.25, -0.2) is 0 Å². The van der Waals surface area contributed by atoms with Gasteiger partial charge in [-0.05, 0) is 13.8 Å². The Kier molecular flexibility index (Phi) is 2.14. The van der Waals surface area contributed by atoms with Crippen LogP contribution in [0.2, 0.25) is 0 Å². The summed E-state index contributed by atoms with van der Waals surface area (Å²) in [5.74, 6) is 0.489. The molecule has 0 aromatic carbocycles. The first-order valence-electron chi connectivity index (χ1n) is 3.43. The molecule has 1 nitrogen and oxygen atoms in total. The molecule has 0 amide bonds. The van der Waals surface area contributed by atoms with E-state index < -0.39 is 0 Å². The fourth-order valence-electron chi connectivity index (χ4n) is 1.10. The molecule has 1 saturated carbocycles. The smallest absolute Gasteiger partial charge is 0.151 e. The van der Waals surface area contributed by atoms with Gasteiger partial charge in [0.05, 0.1) is 5.38 Å². The molecule has 1 fully saturated rings. The molecule has 10 heavy (non-hydrogen) atoms. The molecule has 2 atom stereocenters. The molecular formula is C8H11ClO. The minimum Gasteiger partial charge on any atom is -0.298 e. The van der Waals surface area contributed by atoms with Gasteiger partial charge in [-0.2, -0.15) is 0 Å². The van der Waals surface area contributed by atoms with Crippen molar-refractivity contribution in [1.82, 2.24) is 0 Å². The monoisotopic (exact) mass is 158 g/mol. The average Bonchev–Trinajstić information content (AvgIpc) is 1.86. The second kappa shape index (κ2) is 2.75. The lowest BCUT2D eigenvalue weighted by atomic mass is 9.82. The first-order chi connectivity index (χ1) is 4.61. The molecule has 1 aliphatic carbocycles. The van der Waals surface area contributed by atoms with Gasteiger partial charge in [0.1, 0.15) is 0 Å². The highest BCUT2D eigenvalue weighted by atomic mass is 35.5.